The summed E-state index contributed by atoms with van der Waals surface area (Å²) >= 11 is 0. The average Bonchev–Trinajstić information content (AvgIpc) is 0.722. The first-order valence-electron chi connectivity index (χ1n) is 0.873. The Balaban J connectivity index is 0. The first-order valence-corrected chi connectivity index (χ1v) is 0.873. The molecular weight excluding hydrogens is 150 g/mol. The molecule has 0 bridgehead atoms. The summed E-state index contributed by atoms with van der Waals surface area (Å²) in [6, 6.07) is 0. The molecule has 0 heterocycles. The van der Waals surface area contributed by atoms with Crippen LogP contribution in [-0.2, 0) is 17.1 Å². The number of hydrogen-bond donors (Lipinski definition) is 0. The molecule has 0 amide bonds. The van der Waals surface area contributed by atoms with Gasteiger partial charge in [-0.3, -0.25) is 0 Å². The van der Waals surface area contributed by atoms with Crippen molar-refractivity contribution in [3.63, 3.8) is 0 Å². The van der Waals surface area contributed by atoms with E-state index >= 15 is 0 Å². The molecule has 0 aliphatic carbocycles. The Morgan fingerprint density at radius 2 is 0.833 bits per heavy atom. The first kappa shape index (κ1) is 9.57. The van der Waals surface area contributed by atoms with Gasteiger partial charge in [0.05, 0.1) is 0 Å². The second kappa shape index (κ2) is 2.47. The van der Waals surface area contributed by atoms with Crippen LogP contribution in [0.2, 0.25) is 0 Å². The van der Waals surface area contributed by atoms with Crippen molar-refractivity contribution < 1.29 is 34.3 Å². The molecule has 0 aromatic carbocycles. The van der Waals surface area contributed by atoms with Gasteiger partial charge >= 0.3 is 7.25 Å². The van der Waals surface area contributed by atoms with Crippen LogP contribution in [0.5, 0.6) is 0 Å². The second-order valence-electron chi connectivity index (χ2n) is 0.495. The van der Waals surface area contributed by atoms with E-state index in [0.717, 1.165) is 0 Å². The summed E-state index contributed by atoms with van der Waals surface area (Å²) in [7, 11) is -6.00. The Kier molecular flexibility index (Phi) is 3.95. The molecule has 0 unspecified atom stereocenters. The summed E-state index contributed by atoms with van der Waals surface area (Å²) < 4.78 is 39.0. The Bertz CT molecular complexity index is 23.0. The molecule has 0 spiro atoms. The second-order valence-corrected chi connectivity index (χ2v) is 0.495. The number of hydrogen-bond acceptors (Lipinski definition) is 0. The van der Waals surface area contributed by atoms with Crippen LogP contribution in [0.15, 0.2) is 0 Å². The van der Waals surface area contributed by atoms with Crippen LogP contribution < -0.4 is 0 Å². The van der Waals surface area contributed by atoms with E-state index in [1.165, 1.54) is 0 Å². The van der Waals surface area contributed by atoms with Crippen LogP contribution in [0.4, 0.5) is 17.3 Å². The summed E-state index contributed by atoms with van der Waals surface area (Å²) in [4.78, 5) is 0. The molecule has 0 N–H and O–H groups in total. The topological polar surface area (TPSA) is 0 Å². The molecule has 1 radical (unpaired) electrons. The van der Waals surface area contributed by atoms with Crippen LogP contribution in [-0.4, -0.2) is 7.25 Å². The summed E-state index contributed by atoms with van der Waals surface area (Å²) in [6.45, 7) is 0. The summed E-state index contributed by atoms with van der Waals surface area (Å²) in [5.74, 6) is 0. The average molecular weight is 150 g/mol. The van der Waals surface area contributed by atoms with Gasteiger partial charge in [0.25, 0.3) is 0 Å². The Labute approximate surface area is 42.5 Å². The van der Waals surface area contributed by atoms with Crippen molar-refractivity contribution in [3.05, 3.63) is 0 Å². The van der Waals surface area contributed by atoms with Gasteiger partial charge in [-0.05, 0) is 0 Å². The van der Waals surface area contributed by atoms with Crippen LogP contribution in [0.3, 0.4) is 0 Å². The fourth-order valence-corrected chi connectivity index (χ4v) is 0. The molecule has 6 heteroatoms. The molecule has 0 aromatic rings. The molecular formula is BCuF4-. The van der Waals surface area contributed by atoms with Gasteiger partial charge in [-0.2, -0.15) is 0 Å². The van der Waals surface area contributed by atoms with Crippen LogP contribution in [0.25, 0.3) is 0 Å². The van der Waals surface area contributed by atoms with Crippen molar-refractivity contribution >= 4 is 7.25 Å². The molecule has 0 aromatic heterocycles. The van der Waals surface area contributed by atoms with E-state index in [1.807, 2.05) is 0 Å². The molecule has 0 rings (SSSR count). The van der Waals surface area contributed by atoms with E-state index in [2.05, 4.69) is 0 Å². The van der Waals surface area contributed by atoms with E-state index in [9.17, 15) is 17.3 Å². The fraction of sp³-hybridized carbons (Fsp3) is 0. The predicted octanol–water partition coefficient (Wildman–Crippen LogP) is 1.30. The van der Waals surface area contributed by atoms with Gasteiger partial charge in [0.15, 0.2) is 0 Å². The maximum atomic E-state index is 9.75. The monoisotopic (exact) mass is 150 g/mol. The maximum absolute atomic E-state index is 9.75. The van der Waals surface area contributed by atoms with Crippen molar-refractivity contribution in [1.29, 1.82) is 0 Å². The Morgan fingerprint density at radius 3 is 0.833 bits per heavy atom. The third-order valence-corrected chi connectivity index (χ3v) is 0. The fourth-order valence-electron chi connectivity index (χ4n) is 0. The van der Waals surface area contributed by atoms with E-state index in [-0.39, 0.29) is 17.1 Å². The van der Waals surface area contributed by atoms with Crippen molar-refractivity contribution in [3.8, 4) is 0 Å². The largest absolute Gasteiger partial charge is 0.673 e. The van der Waals surface area contributed by atoms with Crippen LogP contribution >= 0.6 is 0 Å². The van der Waals surface area contributed by atoms with Gasteiger partial charge in [0.1, 0.15) is 0 Å². The van der Waals surface area contributed by atoms with Crippen LogP contribution in [0, 0.1) is 0 Å². The van der Waals surface area contributed by atoms with E-state index in [4.69, 9.17) is 0 Å². The quantitative estimate of drug-likeness (QED) is 0.361. The molecule has 0 saturated carbocycles. The minimum absolute atomic E-state index is 0. The third-order valence-electron chi connectivity index (χ3n) is 0. The molecule has 0 fully saturated rings. The zero-order chi connectivity index (χ0) is 4.50. The normalized spacial score (nSPS) is 10.0. The Hall–Kier alpha value is 0.304. The van der Waals surface area contributed by atoms with Gasteiger partial charge in [0.2, 0.25) is 0 Å². The van der Waals surface area contributed by atoms with E-state index in [1.54, 1.807) is 0 Å². The smallest absolute Gasteiger partial charge is 0.418 e. The van der Waals surface area contributed by atoms with Crippen molar-refractivity contribution in [2.24, 2.45) is 0 Å². The molecule has 0 nitrogen and oxygen atoms in total. The summed E-state index contributed by atoms with van der Waals surface area (Å²) in [6.07, 6.45) is 0. The third kappa shape index (κ3) is 507. The zero-order valence-electron chi connectivity index (χ0n) is 2.39. The van der Waals surface area contributed by atoms with Crippen molar-refractivity contribution in [2.45, 2.75) is 0 Å². The summed E-state index contributed by atoms with van der Waals surface area (Å²) in [5, 5.41) is 0. The molecule has 0 aliphatic heterocycles. The van der Waals surface area contributed by atoms with Gasteiger partial charge in [-0.15, -0.1) is 0 Å². The molecule has 6 heavy (non-hydrogen) atoms. The van der Waals surface area contributed by atoms with Crippen molar-refractivity contribution in [2.75, 3.05) is 0 Å². The minimum atomic E-state index is -6.00. The van der Waals surface area contributed by atoms with E-state index < -0.39 is 7.25 Å². The molecule has 43 valence electrons. The van der Waals surface area contributed by atoms with Gasteiger partial charge in [-0.25, -0.2) is 0 Å². The SMILES string of the molecule is F[B-](F)(F)F.[Cu]. The Morgan fingerprint density at radius 1 is 0.833 bits per heavy atom. The number of halogens is 4. The predicted molar refractivity (Wildman–Crippen MR) is 10.2 cm³/mol. The molecule has 0 atom stereocenters. The maximum Gasteiger partial charge on any atom is 0.673 e. The first-order chi connectivity index (χ1) is 2.00. The van der Waals surface area contributed by atoms with E-state index in [0.29, 0.717) is 0 Å². The van der Waals surface area contributed by atoms with Crippen molar-refractivity contribution in [1.82, 2.24) is 0 Å². The van der Waals surface area contributed by atoms with Gasteiger partial charge in [-0.1, -0.05) is 0 Å². The van der Waals surface area contributed by atoms with Gasteiger partial charge < -0.3 is 17.3 Å². The standard InChI is InChI=1S/BF4.Cu/c2-1(3,4)5;/q-1;. The molecule has 0 aliphatic rings. The van der Waals surface area contributed by atoms with Gasteiger partial charge in [0, 0.05) is 17.1 Å². The molecule has 0 saturated heterocycles. The summed E-state index contributed by atoms with van der Waals surface area (Å²) in [5.41, 5.74) is 0. The minimum Gasteiger partial charge on any atom is -0.418 e. The zero-order valence-corrected chi connectivity index (χ0v) is 3.33. The number of rotatable bonds is 0. The van der Waals surface area contributed by atoms with Crippen LogP contribution in [0.1, 0.15) is 0 Å².